The lowest BCUT2D eigenvalue weighted by molar-refractivity contribution is 0.414. The molecule has 0 radical (unpaired) electrons. The molecule has 0 saturated heterocycles. The van der Waals surface area contributed by atoms with Crippen LogP contribution in [0.2, 0.25) is 10.0 Å². The van der Waals surface area contributed by atoms with Crippen molar-refractivity contribution in [2.24, 2.45) is 0 Å². The van der Waals surface area contributed by atoms with Gasteiger partial charge in [0.1, 0.15) is 5.75 Å². The van der Waals surface area contributed by atoms with E-state index in [1.165, 1.54) is 5.56 Å². The average molecular weight is 456 g/mol. The van der Waals surface area contributed by atoms with Crippen molar-refractivity contribution in [2.75, 3.05) is 7.11 Å². The van der Waals surface area contributed by atoms with Gasteiger partial charge in [0.25, 0.3) is 0 Å². The van der Waals surface area contributed by atoms with E-state index in [0.29, 0.717) is 15.8 Å². The molecule has 4 rings (SSSR count). The molecule has 30 heavy (non-hydrogen) atoms. The molecule has 0 atom stereocenters. The monoisotopic (exact) mass is 455 g/mol. The smallest absolute Gasteiger partial charge is 0.196 e. The predicted molar refractivity (Wildman–Crippen MR) is 124 cm³/mol. The summed E-state index contributed by atoms with van der Waals surface area (Å²) >= 11 is 14.2. The minimum atomic E-state index is 0.584. The number of methoxy groups -OCH3 is 1. The van der Waals surface area contributed by atoms with Crippen molar-refractivity contribution in [3.8, 4) is 22.8 Å². The van der Waals surface area contributed by atoms with Crippen molar-refractivity contribution < 1.29 is 4.74 Å². The van der Waals surface area contributed by atoms with E-state index in [2.05, 4.69) is 41.4 Å². The van der Waals surface area contributed by atoms with Gasteiger partial charge in [-0.2, -0.15) is 0 Å². The number of halogens is 2. The SMILES string of the molecule is COc1ccc(-n2c(SCc3c(Cl)cccc3Cl)nnc2-c2ccc(C)cc2)cc1. The van der Waals surface area contributed by atoms with E-state index >= 15 is 0 Å². The lowest BCUT2D eigenvalue weighted by Crippen LogP contribution is -2.00. The summed E-state index contributed by atoms with van der Waals surface area (Å²) in [4.78, 5) is 0. The van der Waals surface area contributed by atoms with E-state index in [0.717, 1.165) is 33.5 Å². The van der Waals surface area contributed by atoms with E-state index < -0.39 is 0 Å². The molecule has 4 nitrogen and oxygen atoms in total. The first kappa shape index (κ1) is 20.8. The molecular formula is C23H19Cl2N3OS. The van der Waals surface area contributed by atoms with Gasteiger partial charge in [-0.15, -0.1) is 10.2 Å². The van der Waals surface area contributed by atoms with Crippen LogP contribution in [-0.4, -0.2) is 21.9 Å². The molecule has 0 fully saturated rings. The Kier molecular flexibility index (Phi) is 6.32. The maximum Gasteiger partial charge on any atom is 0.196 e. The molecular weight excluding hydrogens is 437 g/mol. The number of rotatable bonds is 6. The van der Waals surface area contributed by atoms with Crippen LogP contribution in [0.1, 0.15) is 11.1 Å². The van der Waals surface area contributed by atoms with Crippen LogP contribution in [0.15, 0.2) is 71.9 Å². The molecule has 0 N–H and O–H groups in total. The van der Waals surface area contributed by atoms with Crippen LogP contribution in [-0.2, 0) is 5.75 Å². The highest BCUT2D eigenvalue weighted by Gasteiger charge is 2.17. The zero-order valence-corrected chi connectivity index (χ0v) is 18.8. The third kappa shape index (κ3) is 4.33. The van der Waals surface area contributed by atoms with Crippen molar-refractivity contribution >= 4 is 35.0 Å². The Hall–Kier alpha value is -2.47. The molecule has 0 saturated carbocycles. The summed E-state index contributed by atoms with van der Waals surface area (Å²) in [7, 11) is 1.65. The van der Waals surface area contributed by atoms with Gasteiger partial charge in [-0.05, 0) is 48.9 Å². The summed E-state index contributed by atoms with van der Waals surface area (Å²) in [6, 6.07) is 21.6. The molecule has 0 aliphatic rings. The van der Waals surface area contributed by atoms with Gasteiger partial charge in [0, 0.05) is 27.0 Å². The molecule has 0 aliphatic heterocycles. The van der Waals surface area contributed by atoms with E-state index in [1.807, 2.05) is 47.0 Å². The summed E-state index contributed by atoms with van der Waals surface area (Å²) < 4.78 is 7.34. The van der Waals surface area contributed by atoms with Gasteiger partial charge >= 0.3 is 0 Å². The minimum absolute atomic E-state index is 0.584. The third-order valence-electron chi connectivity index (χ3n) is 4.68. The van der Waals surface area contributed by atoms with Gasteiger partial charge in [-0.1, -0.05) is 70.9 Å². The normalized spacial score (nSPS) is 10.9. The maximum absolute atomic E-state index is 6.35. The second-order valence-corrected chi connectivity index (χ2v) is 8.45. The molecule has 0 amide bonds. The number of nitrogens with zero attached hydrogens (tertiary/aromatic N) is 3. The van der Waals surface area contributed by atoms with E-state index in [4.69, 9.17) is 27.9 Å². The van der Waals surface area contributed by atoms with Gasteiger partial charge < -0.3 is 4.74 Å². The van der Waals surface area contributed by atoms with Crippen LogP contribution < -0.4 is 4.74 Å². The summed E-state index contributed by atoms with van der Waals surface area (Å²) in [5.41, 5.74) is 4.01. The highest BCUT2D eigenvalue weighted by molar-refractivity contribution is 7.98. The molecule has 1 heterocycles. The van der Waals surface area contributed by atoms with E-state index in [9.17, 15) is 0 Å². The molecule has 4 aromatic rings. The fourth-order valence-electron chi connectivity index (χ4n) is 3.02. The topological polar surface area (TPSA) is 39.9 Å². The summed E-state index contributed by atoms with van der Waals surface area (Å²) in [5, 5.41) is 11.0. The number of benzene rings is 3. The zero-order chi connectivity index (χ0) is 21.1. The fourth-order valence-corrected chi connectivity index (χ4v) is 4.72. The first-order chi connectivity index (χ1) is 14.6. The average Bonchev–Trinajstić information content (AvgIpc) is 3.18. The van der Waals surface area contributed by atoms with Crippen LogP contribution in [0.4, 0.5) is 0 Å². The quantitative estimate of drug-likeness (QED) is 0.298. The number of thioether (sulfide) groups is 1. The lowest BCUT2D eigenvalue weighted by atomic mass is 10.1. The van der Waals surface area contributed by atoms with Crippen LogP contribution in [0.25, 0.3) is 17.1 Å². The van der Waals surface area contributed by atoms with Gasteiger partial charge in [0.05, 0.1) is 7.11 Å². The Bertz CT molecular complexity index is 1140. The lowest BCUT2D eigenvalue weighted by Gasteiger charge is -2.12. The van der Waals surface area contributed by atoms with Gasteiger partial charge in [0.15, 0.2) is 11.0 Å². The van der Waals surface area contributed by atoms with E-state index in [-0.39, 0.29) is 0 Å². The molecule has 0 bridgehead atoms. The maximum atomic E-state index is 6.35. The first-order valence-electron chi connectivity index (χ1n) is 9.29. The predicted octanol–water partition coefficient (Wildman–Crippen LogP) is 6.85. The van der Waals surface area contributed by atoms with Crippen LogP contribution in [0.5, 0.6) is 5.75 Å². The molecule has 0 aliphatic carbocycles. The Morgan fingerprint density at radius 1 is 0.900 bits per heavy atom. The second kappa shape index (κ2) is 9.13. The summed E-state index contributed by atoms with van der Waals surface area (Å²) in [6.07, 6.45) is 0. The van der Waals surface area contributed by atoms with Crippen LogP contribution >= 0.6 is 35.0 Å². The van der Waals surface area contributed by atoms with Gasteiger partial charge in [0.2, 0.25) is 0 Å². The van der Waals surface area contributed by atoms with Crippen molar-refractivity contribution in [3.05, 3.63) is 87.9 Å². The molecule has 0 unspecified atom stereocenters. The fraction of sp³-hybridized carbons (Fsp3) is 0.130. The van der Waals surface area contributed by atoms with Gasteiger partial charge in [-0.3, -0.25) is 4.57 Å². The Morgan fingerprint density at radius 3 is 2.20 bits per heavy atom. The first-order valence-corrected chi connectivity index (χ1v) is 11.0. The number of hydrogen-bond acceptors (Lipinski definition) is 4. The van der Waals surface area contributed by atoms with Crippen LogP contribution in [0, 0.1) is 6.92 Å². The highest BCUT2D eigenvalue weighted by atomic mass is 35.5. The zero-order valence-electron chi connectivity index (χ0n) is 16.5. The second-order valence-electron chi connectivity index (χ2n) is 6.69. The molecule has 1 aromatic heterocycles. The van der Waals surface area contributed by atoms with Crippen molar-refractivity contribution in [2.45, 2.75) is 17.8 Å². The Labute approximate surface area is 189 Å². The molecule has 152 valence electrons. The van der Waals surface area contributed by atoms with Crippen LogP contribution in [0.3, 0.4) is 0 Å². The Balaban J connectivity index is 1.75. The number of aryl methyl sites for hydroxylation is 1. The standard InChI is InChI=1S/C23H19Cl2N3OS/c1-15-6-8-16(9-7-15)22-26-27-23(28(22)17-10-12-18(29-2)13-11-17)30-14-19-20(24)4-3-5-21(19)25/h3-13H,14H2,1-2H3. The highest BCUT2D eigenvalue weighted by Crippen LogP contribution is 2.34. The summed E-state index contributed by atoms with van der Waals surface area (Å²) in [5.74, 6) is 2.15. The third-order valence-corrected chi connectivity index (χ3v) is 6.34. The summed E-state index contributed by atoms with van der Waals surface area (Å²) in [6.45, 7) is 2.06. The largest absolute Gasteiger partial charge is 0.497 e. The Morgan fingerprint density at radius 2 is 1.57 bits per heavy atom. The number of ether oxygens (including phenoxy) is 1. The van der Waals surface area contributed by atoms with Gasteiger partial charge in [-0.25, -0.2) is 0 Å². The van der Waals surface area contributed by atoms with Crippen molar-refractivity contribution in [1.29, 1.82) is 0 Å². The molecule has 3 aromatic carbocycles. The number of aromatic nitrogens is 3. The minimum Gasteiger partial charge on any atom is -0.497 e. The van der Waals surface area contributed by atoms with Crippen molar-refractivity contribution in [3.63, 3.8) is 0 Å². The van der Waals surface area contributed by atoms with E-state index in [1.54, 1.807) is 18.9 Å². The molecule has 7 heteroatoms. The molecule has 0 spiro atoms. The number of hydrogen-bond donors (Lipinski definition) is 0. The van der Waals surface area contributed by atoms with Crippen molar-refractivity contribution in [1.82, 2.24) is 14.8 Å².